The first kappa shape index (κ1) is 7.56. The molecule has 2 nitrogen and oxygen atoms in total. The molecule has 1 aliphatic heterocycles. The molecule has 0 aromatic carbocycles. The van der Waals surface area contributed by atoms with E-state index in [1.54, 1.807) is 0 Å². The fourth-order valence-corrected chi connectivity index (χ4v) is 0.884. The van der Waals surface area contributed by atoms with Crippen LogP contribution in [0.3, 0.4) is 0 Å². The minimum Gasteiger partial charge on any atom is -0.369 e. The summed E-state index contributed by atoms with van der Waals surface area (Å²) in [5, 5.41) is 8.49. The molecule has 0 aromatic rings. The molecule has 0 saturated carbocycles. The lowest BCUT2D eigenvalue weighted by Gasteiger charge is -2.25. The van der Waals surface area contributed by atoms with Gasteiger partial charge in [-0.2, -0.15) is 5.26 Å². The number of rotatable bonds is 2. The molecule has 1 unspecified atom stereocenters. The molecule has 0 aromatic heterocycles. The van der Waals surface area contributed by atoms with Gasteiger partial charge in [-0.3, -0.25) is 0 Å². The summed E-state index contributed by atoms with van der Waals surface area (Å²) in [5.41, 5.74) is -0.00944. The van der Waals surface area contributed by atoms with Crippen molar-refractivity contribution in [3.8, 4) is 6.07 Å². The van der Waals surface area contributed by atoms with Gasteiger partial charge in [-0.25, -0.2) is 0 Å². The second kappa shape index (κ2) is 1.96. The summed E-state index contributed by atoms with van der Waals surface area (Å²) in [4.78, 5) is 0. The second-order valence-electron chi connectivity index (χ2n) is 3.74. The molecule has 1 fully saturated rings. The maximum atomic E-state index is 8.49. The maximum absolute atomic E-state index is 8.49. The Bertz CT molecular complexity index is 174. The van der Waals surface area contributed by atoms with Crippen LogP contribution in [0.15, 0.2) is 0 Å². The van der Waals surface area contributed by atoms with E-state index in [-0.39, 0.29) is 11.0 Å². The monoisotopic (exact) mass is 139 g/mol. The van der Waals surface area contributed by atoms with Crippen molar-refractivity contribution in [1.82, 2.24) is 0 Å². The fourth-order valence-electron chi connectivity index (χ4n) is 0.884. The first-order chi connectivity index (χ1) is 4.52. The van der Waals surface area contributed by atoms with Gasteiger partial charge < -0.3 is 4.74 Å². The van der Waals surface area contributed by atoms with Crippen molar-refractivity contribution in [2.75, 3.05) is 6.61 Å². The van der Waals surface area contributed by atoms with Crippen LogP contribution in [-0.4, -0.2) is 12.2 Å². The van der Waals surface area contributed by atoms with Crippen LogP contribution in [0.4, 0.5) is 0 Å². The van der Waals surface area contributed by atoms with Crippen molar-refractivity contribution in [1.29, 1.82) is 5.26 Å². The molecule has 1 saturated heterocycles. The number of hydrogen-bond acceptors (Lipinski definition) is 2. The number of epoxide rings is 1. The highest BCUT2D eigenvalue weighted by Gasteiger charge is 2.52. The van der Waals surface area contributed by atoms with Gasteiger partial charge in [-0.15, -0.1) is 0 Å². The Kier molecular flexibility index (Phi) is 1.48. The number of ether oxygens (including phenoxy) is 1. The summed E-state index contributed by atoms with van der Waals surface area (Å²) in [5.74, 6) is 0. The highest BCUT2D eigenvalue weighted by molar-refractivity contribution is 5.03. The summed E-state index contributed by atoms with van der Waals surface area (Å²) in [6, 6.07) is 2.17. The summed E-state index contributed by atoms with van der Waals surface area (Å²) in [7, 11) is 0. The van der Waals surface area contributed by atoms with Crippen LogP contribution >= 0.6 is 0 Å². The van der Waals surface area contributed by atoms with Gasteiger partial charge in [0.15, 0.2) is 0 Å². The van der Waals surface area contributed by atoms with Crippen LogP contribution in [0.25, 0.3) is 0 Å². The smallest absolute Gasteiger partial charge is 0.0948 e. The number of hydrogen-bond donors (Lipinski definition) is 0. The quantitative estimate of drug-likeness (QED) is 0.546. The van der Waals surface area contributed by atoms with Crippen molar-refractivity contribution in [3.05, 3.63) is 0 Å². The van der Waals surface area contributed by atoms with Gasteiger partial charge >= 0.3 is 0 Å². The van der Waals surface area contributed by atoms with Gasteiger partial charge in [0.25, 0.3) is 0 Å². The lowest BCUT2D eigenvalue weighted by molar-refractivity contribution is 0.158. The van der Waals surface area contributed by atoms with Crippen LogP contribution in [0.5, 0.6) is 0 Å². The molecule has 0 aliphatic carbocycles. The largest absolute Gasteiger partial charge is 0.369 e. The lowest BCUT2D eigenvalue weighted by atomic mass is 9.78. The zero-order valence-electron chi connectivity index (χ0n) is 6.77. The normalized spacial score (nSPS) is 31.4. The van der Waals surface area contributed by atoms with Crippen molar-refractivity contribution < 1.29 is 4.74 Å². The van der Waals surface area contributed by atoms with Gasteiger partial charge in [0.1, 0.15) is 0 Å². The summed E-state index contributed by atoms with van der Waals surface area (Å²) in [6.45, 7) is 7.01. The third kappa shape index (κ3) is 1.02. The summed E-state index contributed by atoms with van der Waals surface area (Å²) >= 11 is 0. The Morgan fingerprint density at radius 3 is 2.50 bits per heavy atom. The molecule has 0 amide bonds. The number of nitriles is 1. The van der Waals surface area contributed by atoms with E-state index < -0.39 is 0 Å². The van der Waals surface area contributed by atoms with E-state index >= 15 is 0 Å². The van der Waals surface area contributed by atoms with E-state index in [1.807, 2.05) is 0 Å². The first-order valence-electron chi connectivity index (χ1n) is 3.53. The molecule has 0 N–H and O–H groups in total. The van der Waals surface area contributed by atoms with Crippen molar-refractivity contribution in [2.24, 2.45) is 5.41 Å². The Morgan fingerprint density at radius 2 is 2.20 bits per heavy atom. The highest BCUT2D eigenvalue weighted by atomic mass is 16.6. The Hall–Kier alpha value is -0.550. The molecular formula is C8H13NO. The molecule has 1 rings (SSSR count). The van der Waals surface area contributed by atoms with Gasteiger partial charge in [0, 0.05) is 11.8 Å². The van der Waals surface area contributed by atoms with Crippen LogP contribution in [0.1, 0.15) is 27.2 Å². The molecule has 0 bridgehead atoms. The minimum absolute atomic E-state index is 0.0156. The predicted molar refractivity (Wildman–Crippen MR) is 38.4 cm³/mol. The highest BCUT2D eigenvalue weighted by Crippen LogP contribution is 2.45. The zero-order chi connectivity index (χ0) is 7.83. The third-order valence-corrected chi connectivity index (χ3v) is 2.53. The first-order valence-corrected chi connectivity index (χ1v) is 3.53. The predicted octanol–water partition coefficient (Wildman–Crippen LogP) is 1.72. The van der Waals surface area contributed by atoms with Crippen molar-refractivity contribution in [2.45, 2.75) is 32.8 Å². The van der Waals surface area contributed by atoms with Gasteiger partial charge in [0.2, 0.25) is 0 Å². The Labute approximate surface area is 61.8 Å². The molecule has 10 heavy (non-hydrogen) atoms. The van der Waals surface area contributed by atoms with Crippen LogP contribution in [0, 0.1) is 16.7 Å². The molecule has 0 spiro atoms. The van der Waals surface area contributed by atoms with Crippen molar-refractivity contribution in [3.63, 3.8) is 0 Å². The molecular weight excluding hydrogens is 126 g/mol. The average molecular weight is 139 g/mol. The standard InChI is InChI=1S/C8H13NO/c1-7(2,4-5-9)8(3)6-10-8/h4,6H2,1-3H3. The zero-order valence-corrected chi connectivity index (χ0v) is 6.77. The van der Waals surface area contributed by atoms with Gasteiger partial charge in [-0.1, -0.05) is 13.8 Å². The van der Waals surface area contributed by atoms with Crippen LogP contribution in [-0.2, 0) is 4.74 Å². The van der Waals surface area contributed by atoms with E-state index in [9.17, 15) is 0 Å². The Morgan fingerprint density at radius 1 is 1.70 bits per heavy atom. The average Bonchev–Trinajstić information content (AvgIpc) is 2.49. The topological polar surface area (TPSA) is 36.3 Å². The maximum Gasteiger partial charge on any atom is 0.0948 e. The minimum atomic E-state index is -0.0251. The second-order valence-corrected chi connectivity index (χ2v) is 3.74. The lowest BCUT2D eigenvalue weighted by Crippen LogP contribution is -2.29. The molecule has 2 heteroatoms. The summed E-state index contributed by atoms with van der Waals surface area (Å²) in [6.07, 6.45) is 0.573. The van der Waals surface area contributed by atoms with Crippen LogP contribution in [0.2, 0.25) is 0 Å². The third-order valence-electron chi connectivity index (χ3n) is 2.53. The molecule has 1 heterocycles. The van der Waals surface area contributed by atoms with E-state index in [2.05, 4.69) is 26.8 Å². The Balaban J connectivity index is 2.60. The molecule has 56 valence electrons. The van der Waals surface area contributed by atoms with Crippen LogP contribution < -0.4 is 0 Å². The van der Waals surface area contributed by atoms with E-state index in [1.165, 1.54) is 0 Å². The molecule has 0 radical (unpaired) electrons. The number of nitrogens with zero attached hydrogens (tertiary/aromatic N) is 1. The van der Waals surface area contributed by atoms with Gasteiger partial charge in [0.05, 0.1) is 18.3 Å². The van der Waals surface area contributed by atoms with E-state index in [0.717, 1.165) is 6.61 Å². The van der Waals surface area contributed by atoms with E-state index in [4.69, 9.17) is 10.00 Å². The SMILES string of the molecule is CC(C)(CC#N)C1(C)CO1. The molecule has 1 atom stereocenters. The van der Waals surface area contributed by atoms with Crippen molar-refractivity contribution >= 4 is 0 Å². The van der Waals surface area contributed by atoms with Gasteiger partial charge in [-0.05, 0) is 6.92 Å². The summed E-state index contributed by atoms with van der Waals surface area (Å²) < 4.78 is 5.26. The van der Waals surface area contributed by atoms with E-state index in [0.29, 0.717) is 6.42 Å². The fraction of sp³-hybridized carbons (Fsp3) is 0.875. The molecule has 1 aliphatic rings.